The van der Waals surface area contributed by atoms with Crippen molar-refractivity contribution in [2.24, 2.45) is 0 Å². The number of rotatable bonds is 4. The highest BCUT2D eigenvalue weighted by Gasteiger charge is 2.04. The average Bonchev–Trinajstić information content (AvgIpc) is 2.15. The van der Waals surface area contributed by atoms with Crippen LogP contribution in [0.2, 0.25) is 0 Å². The molecule has 0 atom stereocenters. The molecule has 0 radical (unpaired) electrons. The maximum absolute atomic E-state index is 10.2. The molecular formula is C11H14OS. The van der Waals surface area contributed by atoms with Gasteiger partial charge in [-0.3, -0.25) is 0 Å². The van der Waals surface area contributed by atoms with E-state index >= 15 is 0 Å². The Labute approximate surface area is 83.5 Å². The van der Waals surface area contributed by atoms with E-state index in [4.69, 9.17) is 0 Å². The molecule has 0 spiro atoms. The van der Waals surface area contributed by atoms with E-state index in [-0.39, 0.29) is 0 Å². The van der Waals surface area contributed by atoms with Gasteiger partial charge in [-0.2, -0.15) is 0 Å². The molecule has 2 heteroatoms. The molecule has 1 aromatic rings. The van der Waals surface area contributed by atoms with Crippen LogP contribution in [0, 0.1) is 0 Å². The number of carbonyl (C=O) groups excluding carboxylic acids is 1. The molecule has 0 N–H and O–H groups in total. The molecule has 0 amide bonds. The van der Waals surface area contributed by atoms with Gasteiger partial charge in [0.2, 0.25) is 0 Å². The summed E-state index contributed by atoms with van der Waals surface area (Å²) in [4.78, 5) is 11.5. The predicted molar refractivity (Wildman–Crippen MR) is 57.3 cm³/mol. The molecule has 0 bridgehead atoms. The van der Waals surface area contributed by atoms with Crippen molar-refractivity contribution >= 4 is 18.0 Å². The van der Waals surface area contributed by atoms with E-state index in [9.17, 15) is 4.79 Å². The van der Waals surface area contributed by atoms with Crippen LogP contribution in [0.5, 0.6) is 0 Å². The summed E-state index contributed by atoms with van der Waals surface area (Å²) in [6.45, 7) is 4.33. The molecule has 0 aliphatic carbocycles. The van der Waals surface area contributed by atoms with Crippen molar-refractivity contribution in [2.45, 2.75) is 24.7 Å². The summed E-state index contributed by atoms with van der Waals surface area (Å²) in [5.41, 5.74) is 1.33. The fourth-order valence-corrected chi connectivity index (χ4v) is 2.11. The summed E-state index contributed by atoms with van der Waals surface area (Å²) < 4.78 is 0. The summed E-state index contributed by atoms with van der Waals surface area (Å²) in [6, 6.07) is 8.25. The standard InChI is InChI=1S/C11H14OS/c1-9(2)10-5-3-4-6-11(10)13-8-7-12/h3-7,9H,8H2,1-2H3. The maximum atomic E-state index is 10.2. The minimum Gasteiger partial charge on any atom is -0.302 e. The smallest absolute Gasteiger partial charge is 0.130 e. The Kier molecular flexibility index (Phi) is 4.03. The molecule has 0 heterocycles. The molecule has 70 valence electrons. The van der Waals surface area contributed by atoms with Crippen LogP contribution in [0.4, 0.5) is 0 Å². The number of hydrogen-bond acceptors (Lipinski definition) is 2. The fourth-order valence-electron chi connectivity index (χ4n) is 1.21. The molecule has 0 fully saturated rings. The first-order valence-electron chi connectivity index (χ1n) is 4.41. The first kappa shape index (κ1) is 10.3. The Morgan fingerprint density at radius 3 is 2.69 bits per heavy atom. The zero-order valence-corrected chi connectivity index (χ0v) is 8.80. The number of hydrogen-bond donors (Lipinski definition) is 0. The molecule has 13 heavy (non-hydrogen) atoms. The van der Waals surface area contributed by atoms with E-state index < -0.39 is 0 Å². The van der Waals surface area contributed by atoms with E-state index in [1.54, 1.807) is 11.8 Å². The zero-order chi connectivity index (χ0) is 9.68. The Bertz CT molecular complexity index is 281. The van der Waals surface area contributed by atoms with Crippen LogP contribution in [0.15, 0.2) is 29.2 Å². The van der Waals surface area contributed by atoms with Crippen LogP contribution < -0.4 is 0 Å². The van der Waals surface area contributed by atoms with Crippen LogP contribution >= 0.6 is 11.8 Å². The zero-order valence-electron chi connectivity index (χ0n) is 7.99. The van der Waals surface area contributed by atoms with E-state index in [1.807, 2.05) is 12.1 Å². The van der Waals surface area contributed by atoms with Crippen molar-refractivity contribution in [3.8, 4) is 0 Å². The lowest BCUT2D eigenvalue weighted by Crippen LogP contribution is -1.91. The Hall–Kier alpha value is -0.760. The molecule has 0 aliphatic heterocycles. The summed E-state index contributed by atoms with van der Waals surface area (Å²) in [5, 5.41) is 0. The number of carbonyl (C=O) groups is 1. The SMILES string of the molecule is CC(C)c1ccccc1SCC=O. The number of thioether (sulfide) groups is 1. The van der Waals surface area contributed by atoms with Gasteiger partial charge >= 0.3 is 0 Å². The fraction of sp³-hybridized carbons (Fsp3) is 0.364. The van der Waals surface area contributed by atoms with Crippen molar-refractivity contribution in [1.29, 1.82) is 0 Å². The lowest BCUT2D eigenvalue weighted by atomic mass is 10.0. The highest BCUT2D eigenvalue weighted by atomic mass is 32.2. The Balaban J connectivity index is 2.84. The molecule has 0 aliphatic rings. The number of aldehydes is 1. The van der Waals surface area contributed by atoms with Crippen molar-refractivity contribution in [1.82, 2.24) is 0 Å². The summed E-state index contributed by atoms with van der Waals surface area (Å²) in [6.07, 6.45) is 0.946. The minimum absolute atomic E-state index is 0.523. The van der Waals surface area contributed by atoms with Crippen LogP contribution in [0.25, 0.3) is 0 Å². The van der Waals surface area contributed by atoms with E-state index in [1.165, 1.54) is 10.5 Å². The molecule has 0 aromatic heterocycles. The van der Waals surface area contributed by atoms with Gasteiger partial charge in [0.1, 0.15) is 6.29 Å². The first-order valence-corrected chi connectivity index (χ1v) is 5.39. The first-order chi connectivity index (χ1) is 6.25. The second kappa shape index (κ2) is 5.07. The van der Waals surface area contributed by atoms with Crippen LogP contribution in [-0.2, 0) is 4.79 Å². The van der Waals surface area contributed by atoms with Crippen molar-refractivity contribution < 1.29 is 4.79 Å². The largest absolute Gasteiger partial charge is 0.302 e. The molecule has 1 rings (SSSR count). The highest BCUT2D eigenvalue weighted by Crippen LogP contribution is 2.27. The molecule has 0 unspecified atom stereocenters. The lowest BCUT2D eigenvalue weighted by molar-refractivity contribution is -0.105. The lowest BCUT2D eigenvalue weighted by Gasteiger charge is -2.10. The summed E-state index contributed by atoms with van der Waals surface area (Å²) >= 11 is 1.61. The van der Waals surface area contributed by atoms with Gasteiger partial charge in [0.25, 0.3) is 0 Å². The third-order valence-corrected chi connectivity index (χ3v) is 2.83. The van der Waals surface area contributed by atoms with Crippen molar-refractivity contribution in [2.75, 3.05) is 5.75 Å². The van der Waals surface area contributed by atoms with E-state index in [0.29, 0.717) is 11.7 Å². The van der Waals surface area contributed by atoms with E-state index in [0.717, 1.165) is 6.29 Å². The van der Waals surface area contributed by atoms with Gasteiger partial charge < -0.3 is 4.79 Å². The summed E-state index contributed by atoms with van der Waals surface area (Å²) in [7, 11) is 0. The van der Waals surface area contributed by atoms with Gasteiger partial charge in [-0.15, -0.1) is 11.8 Å². The normalized spacial score (nSPS) is 10.4. The maximum Gasteiger partial charge on any atom is 0.130 e. The van der Waals surface area contributed by atoms with Gasteiger partial charge in [0.15, 0.2) is 0 Å². The van der Waals surface area contributed by atoms with Gasteiger partial charge in [0.05, 0.1) is 5.75 Å². The average molecular weight is 194 g/mol. The third-order valence-electron chi connectivity index (χ3n) is 1.85. The van der Waals surface area contributed by atoms with E-state index in [2.05, 4.69) is 26.0 Å². The molecule has 1 nitrogen and oxygen atoms in total. The van der Waals surface area contributed by atoms with Gasteiger partial charge in [-0.1, -0.05) is 32.0 Å². The minimum atomic E-state index is 0.523. The van der Waals surface area contributed by atoms with Crippen molar-refractivity contribution in [3.05, 3.63) is 29.8 Å². The highest BCUT2D eigenvalue weighted by molar-refractivity contribution is 8.00. The van der Waals surface area contributed by atoms with Crippen LogP contribution in [0.1, 0.15) is 25.3 Å². The third kappa shape index (κ3) is 2.88. The Morgan fingerprint density at radius 1 is 1.38 bits per heavy atom. The van der Waals surface area contributed by atoms with Gasteiger partial charge in [-0.25, -0.2) is 0 Å². The van der Waals surface area contributed by atoms with Crippen LogP contribution in [-0.4, -0.2) is 12.0 Å². The molecular weight excluding hydrogens is 180 g/mol. The Morgan fingerprint density at radius 2 is 2.08 bits per heavy atom. The summed E-state index contributed by atoms with van der Waals surface area (Å²) in [5.74, 6) is 1.07. The van der Waals surface area contributed by atoms with Crippen LogP contribution in [0.3, 0.4) is 0 Å². The predicted octanol–water partition coefficient (Wildman–Crippen LogP) is 3.10. The molecule has 0 saturated carbocycles. The topological polar surface area (TPSA) is 17.1 Å². The molecule has 1 aromatic carbocycles. The van der Waals surface area contributed by atoms with Gasteiger partial charge in [0, 0.05) is 4.90 Å². The quantitative estimate of drug-likeness (QED) is 0.541. The van der Waals surface area contributed by atoms with Crippen molar-refractivity contribution in [3.63, 3.8) is 0 Å². The second-order valence-corrected chi connectivity index (χ2v) is 4.23. The number of benzene rings is 1. The van der Waals surface area contributed by atoms with Gasteiger partial charge in [-0.05, 0) is 17.5 Å². The molecule has 0 saturated heterocycles. The monoisotopic (exact) mass is 194 g/mol. The second-order valence-electron chi connectivity index (χ2n) is 3.17.